The van der Waals surface area contributed by atoms with Crippen molar-refractivity contribution in [2.24, 2.45) is 5.92 Å². The van der Waals surface area contributed by atoms with Crippen LogP contribution >= 0.6 is 0 Å². The Bertz CT molecular complexity index is 155. The lowest BCUT2D eigenvalue weighted by molar-refractivity contribution is 0.172. The first-order chi connectivity index (χ1) is 5.74. The summed E-state index contributed by atoms with van der Waals surface area (Å²) in [7, 11) is 3.45. The molecule has 2 amide bonds. The first kappa shape index (κ1) is 9.32. The molecule has 4 nitrogen and oxygen atoms in total. The molecule has 0 spiro atoms. The minimum absolute atomic E-state index is 0.0260. The summed E-state index contributed by atoms with van der Waals surface area (Å²) in [5.74, 6) is 0.521. The Labute approximate surface area is 72.9 Å². The van der Waals surface area contributed by atoms with Gasteiger partial charge in [0.2, 0.25) is 0 Å². The fourth-order valence-corrected chi connectivity index (χ4v) is 1.39. The van der Waals surface area contributed by atoms with E-state index in [4.69, 9.17) is 4.74 Å². The average Bonchev–Trinajstić information content (AvgIpc) is 2.55. The van der Waals surface area contributed by atoms with Crippen LogP contribution in [-0.2, 0) is 4.74 Å². The zero-order chi connectivity index (χ0) is 8.97. The van der Waals surface area contributed by atoms with Crippen LogP contribution in [-0.4, -0.2) is 44.8 Å². The molecule has 1 heterocycles. The van der Waals surface area contributed by atoms with Crippen LogP contribution in [0.5, 0.6) is 0 Å². The van der Waals surface area contributed by atoms with Crippen molar-refractivity contribution in [1.29, 1.82) is 0 Å². The molecule has 4 heteroatoms. The highest BCUT2D eigenvalue weighted by Crippen LogP contribution is 2.12. The minimum atomic E-state index is -0.0260. The Kier molecular flexibility index (Phi) is 3.34. The number of amides is 2. The molecule has 12 heavy (non-hydrogen) atoms. The van der Waals surface area contributed by atoms with Crippen molar-refractivity contribution in [1.82, 2.24) is 10.2 Å². The van der Waals surface area contributed by atoms with E-state index in [1.165, 1.54) is 0 Å². The molecule has 1 aliphatic rings. The molecule has 1 aliphatic heterocycles. The Morgan fingerprint density at radius 1 is 1.75 bits per heavy atom. The quantitative estimate of drug-likeness (QED) is 0.650. The lowest BCUT2D eigenvalue weighted by Gasteiger charge is -2.19. The van der Waals surface area contributed by atoms with Crippen LogP contribution in [0.25, 0.3) is 0 Å². The number of hydrogen-bond donors (Lipinski definition) is 1. The van der Waals surface area contributed by atoms with Gasteiger partial charge in [-0.05, 0) is 6.42 Å². The average molecular weight is 172 g/mol. The van der Waals surface area contributed by atoms with E-state index in [1.807, 2.05) is 0 Å². The molecule has 1 atom stereocenters. The van der Waals surface area contributed by atoms with E-state index >= 15 is 0 Å². The lowest BCUT2D eigenvalue weighted by atomic mass is 10.1. The molecule has 0 bridgehead atoms. The van der Waals surface area contributed by atoms with Gasteiger partial charge < -0.3 is 15.0 Å². The number of urea groups is 1. The summed E-state index contributed by atoms with van der Waals surface area (Å²) in [5.41, 5.74) is 0. The highest BCUT2D eigenvalue weighted by atomic mass is 16.5. The molecule has 0 radical (unpaired) electrons. The van der Waals surface area contributed by atoms with E-state index in [1.54, 1.807) is 19.0 Å². The van der Waals surface area contributed by atoms with Crippen LogP contribution in [0.15, 0.2) is 0 Å². The Morgan fingerprint density at radius 3 is 3.00 bits per heavy atom. The van der Waals surface area contributed by atoms with E-state index in [0.717, 1.165) is 26.2 Å². The van der Waals surface area contributed by atoms with Crippen LogP contribution in [0.4, 0.5) is 4.79 Å². The van der Waals surface area contributed by atoms with Crippen molar-refractivity contribution in [2.45, 2.75) is 6.42 Å². The van der Waals surface area contributed by atoms with Crippen LogP contribution in [0.1, 0.15) is 6.42 Å². The summed E-state index contributed by atoms with van der Waals surface area (Å²) in [6.07, 6.45) is 1.07. The second kappa shape index (κ2) is 4.30. The predicted molar refractivity (Wildman–Crippen MR) is 46.0 cm³/mol. The van der Waals surface area contributed by atoms with Crippen LogP contribution < -0.4 is 5.32 Å². The van der Waals surface area contributed by atoms with Crippen molar-refractivity contribution in [3.8, 4) is 0 Å². The maximum atomic E-state index is 11.1. The number of hydrogen-bond acceptors (Lipinski definition) is 2. The number of carbonyl (C=O) groups excluding carboxylic acids is 1. The van der Waals surface area contributed by atoms with Gasteiger partial charge in [-0.15, -0.1) is 0 Å². The Balaban J connectivity index is 2.24. The molecule has 1 rings (SSSR count). The van der Waals surface area contributed by atoms with Crippen molar-refractivity contribution < 1.29 is 9.53 Å². The van der Waals surface area contributed by atoms with Gasteiger partial charge in [0.25, 0.3) is 0 Å². The number of nitrogens with zero attached hydrogens (tertiary/aromatic N) is 1. The number of carbonyl (C=O) groups is 1. The van der Waals surface area contributed by atoms with E-state index in [-0.39, 0.29) is 6.03 Å². The third-order valence-electron chi connectivity index (χ3n) is 2.12. The van der Waals surface area contributed by atoms with Crippen molar-refractivity contribution in [3.63, 3.8) is 0 Å². The summed E-state index contributed by atoms with van der Waals surface area (Å²) in [4.78, 5) is 12.8. The van der Waals surface area contributed by atoms with Crippen molar-refractivity contribution in [3.05, 3.63) is 0 Å². The topological polar surface area (TPSA) is 41.6 Å². The standard InChI is InChI=1S/C8H16N2O2/c1-9-8(11)10(2)5-7-3-4-12-6-7/h7H,3-6H2,1-2H3,(H,9,11)/t7-/m0/s1. The maximum absolute atomic E-state index is 11.1. The van der Waals surface area contributed by atoms with Crippen LogP contribution in [0.3, 0.4) is 0 Å². The predicted octanol–water partition coefficient (Wildman–Crippen LogP) is 0.294. The van der Waals surface area contributed by atoms with Crippen molar-refractivity contribution >= 4 is 6.03 Å². The first-order valence-electron chi connectivity index (χ1n) is 4.24. The molecule has 0 aromatic carbocycles. The van der Waals surface area contributed by atoms with Crippen molar-refractivity contribution in [2.75, 3.05) is 33.9 Å². The van der Waals surface area contributed by atoms with Gasteiger partial charge in [-0.25, -0.2) is 4.79 Å². The molecule has 70 valence electrons. The van der Waals surface area contributed by atoms with Gasteiger partial charge in [-0.2, -0.15) is 0 Å². The molecule has 0 aromatic rings. The molecule has 1 N–H and O–H groups in total. The second-order valence-electron chi connectivity index (χ2n) is 3.17. The highest BCUT2D eigenvalue weighted by Gasteiger charge is 2.19. The third kappa shape index (κ3) is 2.37. The SMILES string of the molecule is CNC(=O)N(C)C[C@@H]1CCOC1. The highest BCUT2D eigenvalue weighted by molar-refractivity contribution is 5.73. The Morgan fingerprint density at radius 2 is 2.50 bits per heavy atom. The molecule has 0 aromatic heterocycles. The zero-order valence-electron chi connectivity index (χ0n) is 7.67. The minimum Gasteiger partial charge on any atom is -0.381 e. The van der Waals surface area contributed by atoms with Crippen LogP contribution in [0.2, 0.25) is 0 Å². The van der Waals surface area contributed by atoms with Crippen LogP contribution in [0, 0.1) is 5.92 Å². The fraction of sp³-hybridized carbons (Fsp3) is 0.875. The van der Waals surface area contributed by atoms with E-state index in [2.05, 4.69) is 5.32 Å². The number of nitrogens with one attached hydrogen (secondary N) is 1. The summed E-state index contributed by atoms with van der Waals surface area (Å²) < 4.78 is 5.21. The summed E-state index contributed by atoms with van der Waals surface area (Å²) in [6.45, 7) is 2.42. The molecule has 0 aliphatic carbocycles. The molecular formula is C8H16N2O2. The van der Waals surface area contributed by atoms with E-state index in [0.29, 0.717) is 5.92 Å². The van der Waals surface area contributed by atoms with Gasteiger partial charge in [-0.1, -0.05) is 0 Å². The fourth-order valence-electron chi connectivity index (χ4n) is 1.39. The lowest BCUT2D eigenvalue weighted by Crippen LogP contribution is -2.38. The molecule has 0 saturated carbocycles. The molecule has 1 fully saturated rings. The van der Waals surface area contributed by atoms with Gasteiger partial charge in [-0.3, -0.25) is 0 Å². The molecular weight excluding hydrogens is 156 g/mol. The van der Waals surface area contributed by atoms with Gasteiger partial charge in [0, 0.05) is 33.2 Å². The molecule has 1 saturated heterocycles. The third-order valence-corrected chi connectivity index (χ3v) is 2.12. The van der Waals surface area contributed by atoms with Gasteiger partial charge in [0.1, 0.15) is 0 Å². The summed E-state index contributed by atoms with van der Waals surface area (Å²) >= 11 is 0. The summed E-state index contributed by atoms with van der Waals surface area (Å²) in [5, 5.41) is 2.58. The largest absolute Gasteiger partial charge is 0.381 e. The van der Waals surface area contributed by atoms with Gasteiger partial charge >= 0.3 is 6.03 Å². The monoisotopic (exact) mass is 172 g/mol. The molecule has 0 unspecified atom stereocenters. The smallest absolute Gasteiger partial charge is 0.316 e. The number of rotatable bonds is 2. The van der Waals surface area contributed by atoms with Gasteiger partial charge in [0.05, 0.1) is 6.61 Å². The number of ether oxygens (including phenoxy) is 1. The first-order valence-corrected chi connectivity index (χ1v) is 4.24. The zero-order valence-corrected chi connectivity index (χ0v) is 7.67. The Hall–Kier alpha value is -0.770. The second-order valence-corrected chi connectivity index (χ2v) is 3.17. The maximum Gasteiger partial charge on any atom is 0.316 e. The van der Waals surface area contributed by atoms with Gasteiger partial charge in [0.15, 0.2) is 0 Å². The normalized spacial score (nSPS) is 22.3. The van der Waals surface area contributed by atoms with E-state index < -0.39 is 0 Å². The van der Waals surface area contributed by atoms with E-state index in [9.17, 15) is 4.79 Å². The summed E-state index contributed by atoms with van der Waals surface area (Å²) in [6, 6.07) is -0.0260.